The molecule has 0 N–H and O–H groups in total. The summed E-state index contributed by atoms with van der Waals surface area (Å²) in [6.45, 7) is 13.5. The van der Waals surface area contributed by atoms with E-state index in [4.69, 9.17) is 6.42 Å². The third-order valence-corrected chi connectivity index (χ3v) is 11.2. The predicted molar refractivity (Wildman–Crippen MR) is 135 cm³/mol. The average molecular weight is 432 g/mol. The van der Waals surface area contributed by atoms with E-state index < -0.39 is 0 Å². The normalized spacial score (nSPS) is 43.8. The van der Waals surface area contributed by atoms with Crippen LogP contribution in [0.3, 0.4) is 0 Å². The Hall–Kier alpha value is -1.42. The highest BCUT2D eigenvalue weighted by atomic mass is 14.9. The van der Waals surface area contributed by atoms with Gasteiger partial charge >= 0.3 is 0 Å². The fourth-order valence-corrected chi connectivity index (χ4v) is 9.58. The van der Waals surface area contributed by atoms with Gasteiger partial charge in [0, 0.05) is 24.5 Å². The standard InChI is InChI=1S/C31H45N/c1-6-24-15-18-32(21-24)20-23(3)27-10-7-11-28-26-13-12-25-19-22(2)9-8-16-30(25,4)29(26)14-17-31(27,28)5/h1,15,18,21-22,25-29H,3,7-14,16-17,19-20H2,2,4-5H3. The molecule has 1 heterocycles. The van der Waals surface area contributed by atoms with E-state index in [0.29, 0.717) is 16.7 Å². The topological polar surface area (TPSA) is 4.93 Å². The molecule has 0 radical (unpaired) electrons. The second-order valence-electron chi connectivity index (χ2n) is 12.8. The van der Waals surface area contributed by atoms with Gasteiger partial charge in [-0.3, -0.25) is 0 Å². The maximum atomic E-state index is 5.60. The van der Waals surface area contributed by atoms with Crippen molar-refractivity contribution in [3.63, 3.8) is 0 Å². The van der Waals surface area contributed by atoms with Crippen LogP contribution in [0, 0.1) is 58.7 Å². The number of terminal acetylenes is 1. The van der Waals surface area contributed by atoms with Crippen LogP contribution in [0.5, 0.6) is 0 Å². The highest BCUT2D eigenvalue weighted by Crippen LogP contribution is 2.66. The van der Waals surface area contributed by atoms with Gasteiger partial charge in [-0.1, -0.05) is 58.1 Å². The Morgan fingerprint density at radius 2 is 1.88 bits per heavy atom. The third-order valence-electron chi connectivity index (χ3n) is 11.2. The minimum atomic E-state index is 0.444. The van der Waals surface area contributed by atoms with E-state index in [2.05, 4.69) is 56.3 Å². The number of aromatic nitrogens is 1. The zero-order chi connectivity index (χ0) is 22.5. The molecule has 174 valence electrons. The molecular formula is C31H45N. The van der Waals surface area contributed by atoms with Gasteiger partial charge in [0.15, 0.2) is 0 Å². The zero-order valence-electron chi connectivity index (χ0n) is 20.9. The molecule has 0 aliphatic heterocycles. The number of nitrogens with zero attached hydrogens (tertiary/aromatic N) is 1. The molecule has 4 fully saturated rings. The Kier molecular flexibility index (Phi) is 5.89. The molecule has 5 rings (SSSR count). The third kappa shape index (κ3) is 3.61. The first-order valence-electron chi connectivity index (χ1n) is 13.6. The number of rotatable bonds is 3. The summed E-state index contributed by atoms with van der Waals surface area (Å²) in [5, 5.41) is 0. The maximum absolute atomic E-state index is 5.60. The van der Waals surface area contributed by atoms with Gasteiger partial charge in [-0.2, -0.15) is 0 Å². The van der Waals surface area contributed by atoms with Crippen molar-refractivity contribution in [2.45, 2.75) is 97.9 Å². The van der Waals surface area contributed by atoms with Crippen molar-refractivity contribution in [3.05, 3.63) is 36.2 Å². The Morgan fingerprint density at radius 1 is 1.06 bits per heavy atom. The molecule has 4 saturated carbocycles. The lowest BCUT2D eigenvalue weighted by Gasteiger charge is -2.63. The highest BCUT2D eigenvalue weighted by molar-refractivity contribution is 5.29. The summed E-state index contributed by atoms with van der Waals surface area (Å²) in [5.41, 5.74) is 3.47. The smallest absolute Gasteiger partial charge is 0.0430 e. The number of fused-ring (bicyclic) bond motifs is 5. The van der Waals surface area contributed by atoms with Gasteiger partial charge in [0.1, 0.15) is 0 Å². The first-order valence-corrected chi connectivity index (χ1v) is 13.6. The molecule has 1 nitrogen and oxygen atoms in total. The summed E-state index contributed by atoms with van der Waals surface area (Å²) in [7, 11) is 0. The van der Waals surface area contributed by atoms with Crippen LogP contribution < -0.4 is 0 Å². The molecule has 4 aliphatic carbocycles. The lowest BCUT2D eigenvalue weighted by Crippen LogP contribution is -2.55. The van der Waals surface area contributed by atoms with E-state index in [1.54, 1.807) is 0 Å². The van der Waals surface area contributed by atoms with Crippen molar-refractivity contribution in [3.8, 4) is 12.3 Å². The molecule has 32 heavy (non-hydrogen) atoms. The summed E-state index contributed by atoms with van der Waals surface area (Å²) < 4.78 is 2.26. The summed E-state index contributed by atoms with van der Waals surface area (Å²) in [4.78, 5) is 0. The molecule has 1 aromatic rings. The molecule has 1 heteroatoms. The van der Waals surface area contributed by atoms with Crippen molar-refractivity contribution in [1.29, 1.82) is 0 Å². The van der Waals surface area contributed by atoms with E-state index in [1.807, 2.05) is 0 Å². The van der Waals surface area contributed by atoms with Gasteiger partial charge in [0.25, 0.3) is 0 Å². The zero-order valence-corrected chi connectivity index (χ0v) is 20.9. The summed E-state index contributed by atoms with van der Waals surface area (Å²) in [5.74, 6) is 8.19. The van der Waals surface area contributed by atoms with Gasteiger partial charge in [0.2, 0.25) is 0 Å². The van der Waals surface area contributed by atoms with Gasteiger partial charge in [-0.15, -0.1) is 6.42 Å². The van der Waals surface area contributed by atoms with Crippen LogP contribution in [0.4, 0.5) is 0 Å². The fourth-order valence-electron chi connectivity index (χ4n) is 9.58. The molecule has 1 aromatic heterocycles. The van der Waals surface area contributed by atoms with Gasteiger partial charge in [-0.25, -0.2) is 0 Å². The van der Waals surface area contributed by atoms with Crippen molar-refractivity contribution in [2.75, 3.05) is 0 Å². The number of hydrogen-bond donors (Lipinski definition) is 0. The minimum Gasteiger partial charge on any atom is -0.349 e. The Labute approximate surface area is 197 Å². The Balaban J connectivity index is 1.37. The molecule has 0 aromatic carbocycles. The van der Waals surface area contributed by atoms with Crippen molar-refractivity contribution >= 4 is 0 Å². The van der Waals surface area contributed by atoms with Crippen molar-refractivity contribution in [2.24, 2.45) is 46.3 Å². The molecule has 8 atom stereocenters. The van der Waals surface area contributed by atoms with E-state index in [9.17, 15) is 0 Å². The van der Waals surface area contributed by atoms with Crippen LogP contribution in [-0.4, -0.2) is 4.57 Å². The van der Waals surface area contributed by atoms with Crippen LogP contribution in [0.2, 0.25) is 0 Å². The van der Waals surface area contributed by atoms with Gasteiger partial charge in [-0.05, 0) is 104 Å². The van der Waals surface area contributed by atoms with E-state index in [0.717, 1.165) is 41.7 Å². The van der Waals surface area contributed by atoms with Gasteiger partial charge < -0.3 is 4.57 Å². The molecule has 0 amide bonds. The first kappa shape index (κ1) is 22.4. The lowest BCUT2D eigenvalue weighted by atomic mass is 9.42. The number of hydrogen-bond acceptors (Lipinski definition) is 0. The van der Waals surface area contributed by atoms with Crippen LogP contribution in [0.1, 0.15) is 97.0 Å². The second kappa shape index (κ2) is 8.42. The van der Waals surface area contributed by atoms with Crippen molar-refractivity contribution in [1.82, 2.24) is 4.57 Å². The second-order valence-corrected chi connectivity index (χ2v) is 12.8. The van der Waals surface area contributed by atoms with Gasteiger partial charge in [0.05, 0.1) is 0 Å². The van der Waals surface area contributed by atoms with E-state index >= 15 is 0 Å². The minimum absolute atomic E-state index is 0.444. The monoisotopic (exact) mass is 431 g/mol. The fraction of sp³-hybridized carbons (Fsp3) is 0.742. The van der Waals surface area contributed by atoms with Crippen LogP contribution in [-0.2, 0) is 6.54 Å². The molecular weight excluding hydrogens is 386 g/mol. The average Bonchev–Trinajstić information content (AvgIpc) is 3.15. The number of allylic oxidation sites excluding steroid dienone is 1. The van der Waals surface area contributed by atoms with Crippen LogP contribution >= 0.6 is 0 Å². The molecule has 0 spiro atoms. The summed E-state index contributed by atoms with van der Waals surface area (Å²) >= 11 is 0. The SMILES string of the molecule is C#Cc1ccn(CC(=C)C2CCCC3C4CCC5CC(C)CCCC5(C)C4CCC23C)c1. The summed E-state index contributed by atoms with van der Waals surface area (Å²) in [6, 6.07) is 2.05. The Morgan fingerprint density at radius 3 is 2.66 bits per heavy atom. The van der Waals surface area contributed by atoms with Crippen molar-refractivity contribution < 1.29 is 0 Å². The first-order chi connectivity index (χ1) is 15.3. The van der Waals surface area contributed by atoms with Crippen LogP contribution in [0.15, 0.2) is 30.6 Å². The molecule has 0 saturated heterocycles. The van der Waals surface area contributed by atoms with E-state index in [1.165, 1.54) is 76.2 Å². The summed E-state index contributed by atoms with van der Waals surface area (Å²) in [6.07, 6.45) is 25.8. The molecule has 8 unspecified atom stereocenters. The Bertz CT molecular complexity index is 885. The maximum Gasteiger partial charge on any atom is 0.0430 e. The molecule has 0 bridgehead atoms. The molecule has 4 aliphatic rings. The quantitative estimate of drug-likeness (QED) is 0.336. The van der Waals surface area contributed by atoms with E-state index in [-0.39, 0.29) is 0 Å². The predicted octanol–water partition coefficient (Wildman–Crippen LogP) is 8.10. The highest BCUT2D eigenvalue weighted by Gasteiger charge is 2.58. The van der Waals surface area contributed by atoms with Crippen LogP contribution in [0.25, 0.3) is 0 Å². The lowest BCUT2D eigenvalue weighted by molar-refractivity contribution is -0.128. The largest absolute Gasteiger partial charge is 0.349 e.